The van der Waals surface area contributed by atoms with Crippen molar-refractivity contribution < 1.29 is 8.42 Å². The van der Waals surface area contributed by atoms with E-state index in [1.54, 1.807) is 12.1 Å². The van der Waals surface area contributed by atoms with E-state index in [9.17, 15) is 8.42 Å². The zero-order valence-electron chi connectivity index (χ0n) is 16.5. The zero-order chi connectivity index (χ0) is 20.0. The van der Waals surface area contributed by atoms with E-state index in [2.05, 4.69) is 24.1 Å². The summed E-state index contributed by atoms with van der Waals surface area (Å²) < 4.78 is 28.7. The van der Waals surface area contributed by atoms with Gasteiger partial charge < -0.3 is 14.7 Å². The Bertz CT molecular complexity index is 1070. The monoisotopic (exact) mass is 412 g/mol. The Morgan fingerprint density at radius 1 is 0.862 bits per heavy atom. The molecule has 1 aromatic carbocycles. The molecule has 9 heteroatoms. The number of piperazine rings is 1. The number of aryl methyl sites for hydroxylation is 1. The molecule has 0 atom stereocenters. The van der Waals surface area contributed by atoms with Crippen LogP contribution in [0, 0.1) is 6.92 Å². The fraction of sp³-hybridized carbons (Fsp3) is 0.450. The van der Waals surface area contributed by atoms with E-state index in [0.29, 0.717) is 29.4 Å². The summed E-state index contributed by atoms with van der Waals surface area (Å²) in [7, 11) is -3.58. The molecule has 0 bridgehead atoms. The molecule has 3 aliphatic rings. The van der Waals surface area contributed by atoms with E-state index >= 15 is 0 Å². The van der Waals surface area contributed by atoms with Crippen molar-refractivity contribution in [2.24, 2.45) is 4.40 Å². The van der Waals surface area contributed by atoms with Gasteiger partial charge in [0, 0.05) is 56.6 Å². The number of hydrogen-bond acceptors (Lipinski definition) is 7. The molecule has 0 saturated carbocycles. The van der Waals surface area contributed by atoms with Gasteiger partial charge in [0.1, 0.15) is 10.7 Å². The Hall–Kier alpha value is -2.68. The quantitative estimate of drug-likeness (QED) is 0.742. The predicted octanol–water partition coefficient (Wildman–Crippen LogP) is 1.66. The topological polar surface area (TPSA) is 82.0 Å². The van der Waals surface area contributed by atoms with Crippen molar-refractivity contribution in [3.63, 3.8) is 0 Å². The third kappa shape index (κ3) is 3.33. The fourth-order valence-electron chi connectivity index (χ4n) is 4.22. The van der Waals surface area contributed by atoms with Crippen molar-refractivity contribution in [3.8, 4) is 0 Å². The number of nitrogens with zero attached hydrogens (tertiary/aromatic N) is 6. The van der Waals surface area contributed by atoms with Gasteiger partial charge in [0.15, 0.2) is 5.84 Å². The highest BCUT2D eigenvalue weighted by Crippen LogP contribution is 2.28. The van der Waals surface area contributed by atoms with Crippen molar-refractivity contribution in [2.75, 3.05) is 49.1 Å². The van der Waals surface area contributed by atoms with Crippen LogP contribution in [0.5, 0.6) is 0 Å². The van der Waals surface area contributed by atoms with E-state index < -0.39 is 10.0 Å². The SMILES string of the molecule is Cc1cc(N2CCN(C3=NS(=O)(=O)c4ccccc43)CC2)nc(N2CCCC2)n1. The Labute approximate surface area is 170 Å². The van der Waals surface area contributed by atoms with Gasteiger partial charge in [-0.05, 0) is 31.9 Å². The summed E-state index contributed by atoms with van der Waals surface area (Å²) in [5.41, 5.74) is 1.68. The second-order valence-corrected chi connectivity index (χ2v) is 9.29. The first-order valence-corrected chi connectivity index (χ1v) is 11.5. The maximum atomic E-state index is 12.3. The fourth-order valence-corrected chi connectivity index (χ4v) is 5.45. The molecule has 0 spiro atoms. The summed E-state index contributed by atoms with van der Waals surface area (Å²) in [5, 5.41) is 0. The van der Waals surface area contributed by atoms with E-state index in [4.69, 9.17) is 4.98 Å². The molecule has 8 nitrogen and oxygen atoms in total. The third-order valence-corrected chi connectivity index (χ3v) is 7.06. The second kappa shape index (κ2) is 6.98. The summed E-state index contributed by atoms with van der Waals surface area (Å²) in [6.45, 7) is 6.97. The number of hydrogen-bond donors (Lipinski definition) is 0. The van der Waals surface area contributed by atoms with Crippen LogP contribution in [0.15, 0.2) is 39.6 Å². The molecule has 5 rings (SSSR count). The number of fused-ring (bicyclic) bond motifs is 1. The van der Waals surface area contributed by atoms with Gasteiger partial charge in [-0.3, -0.25) is 0 Å². The highest BCUT2D eigenvalue weighted by molar-refractivity contribution is 7.90. The van der Waals surface area contributed by atoms with Gasteiger partial charge in [0.2, 0.25) is 5.95 Å². The molecule has 2 saturated heterocycles. The van der Waals surface area contributed by atoms with Crippen molar-refractivity contribution in [2.45, 2.75) is 24.7 Å². The molecule has 0 N–H and O–H groups in total. The van der Waals surface area contributed by atoms with Gasteiger partial charge in [0.05, 0.1) is 0 Å². The smallest absolute Gasteiger partial charge is 0.285 e. The molecule has 0 radical (unpaired) electrons. The molecular formula is C20H24N6O2S. The molecule has 29 heavy (non-hydrogen) atoms. The molecule has 0 amide bonds. The second-order valence-electron chi connectivity index (χ2n) is 7.72. The highest BCUT2D eigenvalue weighted by Gasteiger charge is 2.33. The minimum Gasteiger partial charge on any atom is -0.353 e. The molecule has 3 aliphatic heterocycles. The largest absolute Gasteiger partial charge is 0.353 e. The van der Waals surface area contributed by atoms with Gasteiger partial charge in [-0.2, -0.15) is 13.4 Å². The normalized spacial score (nSPS) is 20.7. The van der Waals surface area contributed by atoms with Crippen LogP contribution in [0.4, 0.5) is 11.8 Å². The maximum Gasteiger partial charge on any atom is 0.285 e. The lowest BCUT2D eigenvalue weighted by Gasteiger charge is -2.36. The Balaban J connectivity index is 1.34. The van der Waals surface area contributed by atoms with E-state index in [1.165, 1.54) is 12.8 Å². The first-order chi connectivity index (χ1) is 14.0. The van der Waals surface area contributed by atoms with Crippen LogP contribution in [0.3, 0.4) is 0 Å². The van der Waals surface area contributed by atoms with Crippen LogP contribution in [-0.4, -0.2) is 68.4 Å². The standard InChI is InChI=1S/C20H24N6O2S/c1-15-14-18(22-20(21-15)26-8-4-5-9-26)24-10-12-25(13-11-24)19-16-6-2-3-7-17(16)29(27,28)23-19/h2-3,6-7,14H,4-5,8-13H2,1H3. The van der Waals surface area contributed by atoms with Crippen LogP contribution >= 0.6 is 0 Å². The Kier molecular flexibility index (Phi) is 4.42. The minimum absolute atomic E-state index is 0.305. The van der Waals surface area contributed by atoms with Crippen LogP contribution in [-0.2, 0) is 10.0 Å². The highest BCUT2D eigenvalue weighted by atomic mass is 32.2. The summed E-state index contributed by atoms with van der Waals surface area (Å²) in [4.78, 5) is 16.3. The number of benzene rings is 1. The van der Waals surface area contributed by atoms with Gasteiger partial charge in [-0.1, -0.05) is 12.1 Å². The number of aromatic nitrogens is 2. The molecule has 2 fully saturated rings. The van der Waals surface area contributed by atoms with Crippen LogP contribution in [0.25, 0.3) is 0 Å². The Morgan fingerprint density at radius 2 is 1.55 bits per heavy atom. The molecule has 1 aromatic heterocycles. The first-order valence-electron chi connectivity index (χ1n) is 10.1. The van der Waals surface area contributed by atoms with Crippen molar-refractivity contribution >= 4 is 27.6 Å². The minimum atomic E-state index is -3.58. The average molecular weight is 413 g/mol. The van der Waals surface area contributed by atoms with Crippen molar-refractivity contribution in [1.29, 1.82) is 0 Å². The average Bonchev–Trinajstić information content (AvgIpc) is 3.35. The number of anilines is 2. The third-order valence-electron chi connectivity index (χ3n) is 5.73. The molecule has 4 heterocycles. The van der Waals surface area contributed by atoms with Gasteiger partial charge in [-0.25, -0.2) is 4.98 Å². The number of amidine groups is 1. The van der Waals surface area contributed by atoms with Crippen LogP contribution < -0.4 is 9.80 Å². The predicted molar refractivity (Wildman–Crippen MR) is 112 cm³/mol. The molecular weight excluding hydrogens is 388 g/mol. The van der Waals surface area contributed by atoms with E-state index in [0.717, 1.165) is 43.6 Å². The van der Waals surface area contributed by atoms with Crippen LogP contribution in [0.2, 0.25) is 0 Å². The summed E-state index contributed by atoms with van der Waals surface area (Å²) in [6.07, 6.45) is 2.38. The lowest BCUT2D eigenvalue weighted by Crippen LogP contribution is -2.49. The first kappa shape index (κ1) is 18.4. The lowest BCUT2D eigenvalue weighted by atomic mass is 10.1. The Morgan fingerprint density at radius 3 is 2.31 bits per heavy atom. The molecule has 0 unspecified atom stereocenters. The summed E-state index contributed by atoms with van der Waals surface area (Å²) in [5.74, 6) is 2.33. The summed E-state index contributed by atoms with van der Waals surface area (Å²) >= 11 is 0. The zero-order valence-corrected chi connectivity index (χ0v) is 17.3. The van der Waals surface area contributed by atoms with Gasteiger partial charge in [-0.15, -0.1) is 4.40 Å². The van der Waals surface area contributed by atoms with E-state index in [1.807, 2.05) is 25.1 Å². The van der Waals surface area contributed by atoms with E-state index in [-0.39, 0.29) is 0 Å². The number of sulfonamides is 1. The van der Waals surface area contributed by atoms with Gasteiger partial charge in [0.25, 0.3) is 10.0 Å². The van der Waals surface area contributed by atoms with Crippen molar-refractivity contribution in [3.05, 3.63) is 41.6 Å². The van der Waals surface area contributed by atoms with Crippen molar-refractivity contribution in [1.82, 2.24) is 14.9 Å². The number of rotatable bonds is 2. The summed E-state index contributed by atoms with van der Waals surface area (Å²) in [6, 6.07) is 9.08. The maximum absolute atomic E-state index is 12.3. The lowest BCUT2D eigenvalue weighted by molar-refractivity contribution is 0.386. The van der Waals surface area contributed by atoms with Gasteiger partial charge >= 0.3 is 0 Å². The molecule has 152 valence electrons. The molecule has 2 aromatic rings. The molecule has 0 aliphatic carbocycles. The van der Waals surface area contributed by atoms with Crippen LogP contribution in [0.1, 0.15) is 24.1 Å².